The van der Waals surface area contributed by atoms with Crippen LogP contribution in [0.5, 0.6) is 0 Å². The van der Waals surface area contributed by atoms with Gasteiger partial charge in [-0.05, 0) is 13.8 Å². The third-order valence-corrected chi connectivity index (χ3v) is 2.08. The van der Waals surface area contributed by atoms with Crippen molar-refractivity contribution < 1.29 is 14.8 Å². The molecule has 0 spiro atoms. The second-order valence-electron chi connectivity index (χ2n) is 3.52. The minimum Gasteiger partial charge on any atom is -0.423 e. The van der Waals surface area contributed by atoms with E-state index in [9.17, 15) is 4.79 Å². The first-order chi connectivity index (χ1) is 6.35. The second-order valence-corrected chi connectivity index (χ2v) is 3.52. The van der Waals surface area contributed by atoms with Crippen LogP contribution >= 0.6 is 0 Å². The molecule has 0 aromatic carbocycles. The molecule has 0 saturated carbocycles. The standard InChI is InChI=1S/C7H12BN3O3/c1-7(2,6(9)12)11-4-5(3-10-11)8(13)14/h3-4,13-14H,1-2H3,(H2,9,12). The quantitative estimate of drug-likeness (QED) is 0.477. The van der Waals surface area contributed by atoms with Gasteiger partial charge in [0.15, 0.2) is 0 Å². The molecule has 0 saturated heterocycles. The van der Waals surface area contributed by atoms with E-state index in [-0.39, 0.29) is 5.46 Å². The van der Waals surface area contributed by atoms with Crippen LogP contribution in [0.15, 0.2) is 12.4 Å². The van der Waals surface area contributed by atoms with Crippen LogP contribution in [0.1, 0.15) is 13.8 Å². The third-order valence-electron chi connectivity index (χ3n) is 2.08. The van der Waals surface area contributed by atoms with Crippen LogP contribution in [-0.2, 0) is 10.3 Å². The molecule has 0 radical (unpaired) electrons. The molecule has 1 rings (SSSR count). The normalized spacial score (nSPS) is 11.4. The SMILES string of the molecule is CC(C)(C(N)=O)n1cc(B(O)O)cn1. The number of hydrogen-bond donors (Lipinski definition) is 3. The number of carbonyl (C=O) groups is 1. The van der Waals surface area contributed by atoms with Gasteiger partial charge in [-0.15, -0.1) is 0 Å². The molecule has 0 bridgehead atoms. The van der Waals surface area contributed by atoms with E-state index >= 15 is 0 Å². The van der Waals surface area contributed by atoms with Crippen LogP contribution in [-0.4, -0.2) is 32.9 Å². The fraction of sp³-hybridized carbons (Fsp3) is 0.429. The van der Waals surface area contributed by atoms with Crippen molar-refractivity contribution in [3.05, 3.63) is 12.4 Å². The van der Waals surface area contributed by atoms with Gasteiger partial charge in [-0.3, -0.25) is 9.48 Å². The monoisotopic (exact) mass is 197 g/mol. The predicted molar refractivity (Wildman–Crippen MR) is 50.6 cm³/mol. The Morgan fingerprint density at radius 1 is 1.64 bits per heavy atom. The largest absolute Gasteiger partial charge is 0.491 e. The zero-order chi connectivity index (χ0) is 10.9. The summed E-state index contributed by atoms with van der Waals surface area (Å²) in [7, 11) is -1.59. The Morgan fingerprint density at radius 2 is 2.21 bits per heavy atom. The van der Waals surface area contributed by atoms with Crippen LogP contribution in [0, 0.1) is 0 Å². The first kappa shape index (κ1) is 10.7. The van der Waals surface area contributed by atoms with Crippen molar-refractivity contribution in [3.63, 3.8) is 0 Å². The molecule has 1 amide bonds. The van der Waals surface area contributed by atoms with Crippen molar-refractivity contribution in [2.24, 2.45) is 5.73 Å². The zero-order valence-electron chi connectivity index (χ0n) is 8.01. The van der Waals surface area contributed by atoms with Crippen LogP contribution in [0.2, 0.25) is 0 Å². The maximum Gasteiger partial charge on any atom is 0.491 e. The van der Waals surface area contributed by atoms with Crippen molar-refractivity contribution in [3.8, 4) is 0 Å². The van der Waals surface area contributed by atoms with Gasteiger partial charge >= 0.3 is 7.12 Å². The topological polar surface area (TPSA) is 101 Å². The van der Waals surface area contributed by atoms with Crippen molar-refractivity contribution in [2.75, 3.05) is 0 Å². The van der Waals surface area contributed by atoms with E-state index in [1.165, 1.54) is 17.1 Å². The zero-order valence-corrected chi connectivity index (χ0v) is 8.01. The smallest absolute Gasteiger partial charge is 0.423 e. The number of nitrogens with zero attached hydrogens (tertiary/aromatic N) is 2. The molecule has 0 aliphatic rings. The Labute approximate surface area is 81.5 Å². The van der Waals surface area contributed by atoms with Crippen LogP contribution < -0.4 is 11.2 Å². The maximum atomic E-state index is 11.0. The molecule has 14 heavy (non-hydrogen) atoms. The van der Waals surface area contributed by atoms with E-state index in [1.807, 2.05) is 0 Å². The average molecular weight is 197 g/mol. The molecule has 7 heteroatoms. The molecule has 6 nitrogen and oxygen atoms in total. The summed E-state index contributed by atoms with van der Waals surface area (Å²) >= 11 is 0. The summed E-state index contributed by atoms with van der Waals surface area (Å²) in [6.45, 7) is 3.19. The Morgan fingerprint density at radius 3 is 2.57 bits per heavy atom. The highest BCUT2D eigenvalue weighted by Crippen LogP contribution is 2.11. The van der Waals surface area contributed by atoms with E-state index in [1.54, 1.807) is 13.8 Å². The molecule has 0 aliphatic heterocycles. The van der Waals surface area contributed by atoms with Gasteiger partial charge in [0.2, 0.25) is 5.91 Å². The number of rotatable bonds is 3. The van der Waals surface area contributed by atoms with E-state index in [2.05, 4.69) is 5.10 Å². The van der Waals surface area contributed by atoms with Crippen molar-refractivity contribution in [1.82, 2.24) is 9.78 Å². The third kappa shape index (κ3) is 1.78. The second kappa shape index (κ2) is 3.43. The van der Waals surface area contributed by atoms with Gasteiger partial charge in [0.05, 0.1) is 0 Å². The molecule has 1 aromatic rings. The van der Waals surface area contributed by atoms with Crippen molar-refractivity contribution in [2.45, 2.75) is 19.4 Å². The highest BCUT2D eigenvalue weighted by atomic mass is 16.4. The lowest BCUT2D eigenvalue weighted by Crippen LogP contribution is -2.41. The number of amides is 1. The summed E-state index contributed by atoms with van der Waals surface area (Å²) in [4.78, 5) is 11.0. The molecule has 1 aromatic heterocycles. The maximum absolute atomic E-state index is 11.0. The highest BCUT2D eigenvalue weighted by molar-refractivity contribution is 6.58. The molecular weight excluding hydrogens is 185 g/mol. The molecule has 0 fully saturated rings. The number of hydrogen-bond acceptors (Lipinski definition) is 4. The van der Waals surface area contributed by atoms with Gasteiger partial charge in [-0.1, -0.05) is 0 Å². The van der Waals surface area contributed by atoms with Gasteiger partial charge in [-0.25, -0.2) is 0 Å². The summed E-state index contributed by atoms with van der Waals surface area (Å²) in [6.07, 6.45) is 2.64. The summed E-state index contributed by atoms with van der Waals surface area (Å²) in [5, 5.41) is 21.5. The lowest BCUT2D eigenvalue weighted by atomic mass is 9.83. The molecule has 0 atom stereocenters. The number of aromatic nitrogens is 2. The molecule has 0 aliphatic carbocycles. The minimum absolute atomic E-state index is 0.222. The van der Waals surface area contributed by atoms with Crippen LogP contribution in [0.4, 0.5) is 0 Å². The van der Waals surface area contributed by atoms with E-state index < -0.39 is 18.6 Å². The predicted octanol–water partition coefficient (Wildman–Crippen LogP) is -2.22. The van der Waals surface area contributed by atoms with Gasteiger partial charge < -0.3 is 15.8 Å². The van der Waals surface area contributed by atoms with Crippen LogP contribution in [0.25, 0.3) is 0 Å². The molecule has 0 unspecified atom stereocenters. The Balaban J connectivity index is 3.03. The minimum atomic E-state index is -1.59. The highest BCUT2D eigenvalue weighted by Gasteiger charge is 2.29. The van der Waals surface area contributed by atoms with Gasteiger partial charge in [0.1, 0.15) is 5.54 Å². The molecule has 4 N–H and O–H groups in total. The summed E-state index contributed by atoms with van der Waals surface area (Å²) in [5.41, 5.74) is 4.41. The number of nitrogens with two attached hydrogens (primary N) is 1. The van der Waals surface area contributed by atoms with Gasteiger partial charge in [-0.2, -0.15) is 5.10 Å². The number of carbonyl (C=O) groups excluding carboxylic acids is 1. The lowest BCUT2D eigenvalue weighted by Gasteiger charge is -2.20. The fourth-order valence-electron chi connectivity index (χ4n) is 0.889. The van der Waals surface area contributed by atoms with Gasteiger partial charge in [0.25, 0.3) is 0 Å². The average Bonchev–Trinajstić information content (AvgIpc) is 2.51. The first-order valence-electron chi connectivity index (χ1n) is 4.07. The Hall–Kier alpha value is -1.34. The Bertz CT molecular complexity index is 348. The van der Waals surface area contributed by atoms with E-state index in [0.29, 0.717) is 0 Å². The number of primary amides is 1. The first-order valence-corrected chi connectivity index (χ1v) is 4.07. The molecule has 76 valence electrons. The molecule has 1 heterocycles. The Kier molecular flexibility index (Phi) is 2.63. The van der Waals surface area contributed by atoms with E-state index in [4.69, 9.17) is 15.8 Å². The summed E-state index contributed by atoms with van der Waals surface area (Å²) < 4.78 is 1.30. The van der Waals surface area contributed by atoms with Crippen molar-refractivity contribution >= 4 is 18.5 Å². The summed E-state index contributed by atoms with van der Waals surface area (Å²) in [5.74, 6) is -0.542. The van der Waals surface area contributed by atoms with E-state index in [0.717, 1.165) is 0 Å². The van der Waals surface area contributed by atoms with Crippen LogP contribution in [0.3, 0.4) is 0 Å². The van der Waals surface area contributed by atoms with Gasteiger partial charge in [0, 0.05) is 17.9 Å². The summed E-state index contributed by atoms with van der Waals surface area (Å²) in [6, 6.07) is 0. The fourth-order valence-corrected chi connectivity index (χ4v) is 0.889. The van der Waals surface area contributed by atoms with Crippen molar-refractivity contribution in [1.29, 1.82) is 0 Å². The lowest BCUT2D eigenvalue weighted by molar-refractivity contribution is -0.125. The molecular formula is C7H12BN3O3.